The predicted octanol–water partition coefficient (Wildman–Crippen LogP) is 2.42. The summed E-state index contributed by atoms with van der Waals surface area (Å²) in [6, 6.07) is 7.12. The Bertz CT molecular complexity index is 509. The first-order valence-corrected chi connectivity index (χ1v) is 6.56. The average molecular weight is 229 g/mol. The van der Waals surface area contributed by atoms with E-state index in [9.17, 15) is 0 Å². The number of benzene rings is 1. The van der Waals surface area contributed by atoms with Crippen molar-refractivity contribution >= 4 is 11.0 Å². The van der Waals surface area contributed by atoms with Crippen LogP contribution in [0.1, 0.15) is 31.2 Å². The Hall–Kier alpha value is -1.35. The van der Waals surface area contributed by atoms with Gasteiger partial charge in [-0.25, -0.2) is 4.98 Å². The van der Waals surface area contributed by atoms with E-state index in [0.29, 0.717) is 6.04 Å². The van der Waals surface area contributed by atoms with Gasteiger partial charge in [-0.15, -0.1) is 0 Å². The largest absolute Gasteiger partial charge is 0.342 e. The number of aromatic amines is 1. The van der Waals surface area contributed by atoms with Gasteiger partial charge in [-0.2, -0.15) is 0 Å². The third-order valence-electron chi connectivity index (χ3n) is 3.61. The smallest absolute Gasteiger partial charge is 0.108 e. The maximum atomic E-state index is 4.66. The zero-order chi connectivity index (χ0) is 11.7. The van der Waals surface area contributed by atoms with Gasteiger partial charge < -0.3 is 10.3 Å². The fraction of sp³-hybridized carbons (Fsp3) is 0.500. The zero-order valence-corrected chi connectivity index (χ0v) is 10.3. The topological polar surface area (TPSA) is 40.7 Å². The van der Waals surface area contributed by atoms with E-state index in [1.165, 1.54) is 23.9 Å². The van der Waals surface area contributed by atoms with Gasteiger partial charge in [0, 0.05) is 12.5 Å². The molecule has 90 valence electrons. The molecule has 2 N–H and O–H groups in total. The lowest BCUT2D eigenvalue weighted by Gasteiger charge is -2.06. The lowest BCUT2D eigenvalue weighted by Crippen LogP contribution is -2.24. The van der Waals surface area contributed by atoms with Crippen LogP contribution in [-0.4, -0.2) is 22.6 Å². The minimum atomic E-state index is 0.612. The second-order valence-corrected chi connectivity index (χ2v) is 4.89. The van der Waals surface area contributed by atoms with Crippen LogP contribution in [0.3, 0.4) is 0 Å². The molecule has 3 nitrogen and oxygen atoms in total. The molecule has 1 aliphatic rings. The minimum absolute atomic E-state index is 0.612. The summed E-state index contributed by atoms with van der Waals surface area (Å²) in [4.78, 5) is 8.10. The Morgan fingerprint density at radius 3 is 3.12 bits per heavy atom. The number of nitrogens with one attached hydrogen (secondary N) is 2. The monoisotopic (exact) mass is 229 g/mol. The quantitative estimate of drug-likeness (QED) is 0.848. The van der Waals surface area contributed by atoms with Crippen LogP contribution in [0.4, 0.5) is 0 Å². The predicted molar refractivity (Wildman–Crippen MR) is 70.2 cm³/mol. The van der Waals surface area contributed by atoms with Crippen molar-refractivity contribution in [3.8, 4) is 0 Å². The van der Waals surface area contributed by atoms with Gasteiger partial charge in [0.15, 0.2) is 0 Å². The molecule has 2 heterocycles. The number of aromatic nitrogens is 2. The summed E-state index contributed by atoms with van der Waals surface area (Å²) in [6.07, 6.45) is 4.67. The molecule has 1 atom stereocenters. The average Bonchev–Trinajstić information content (AvgIpc) is 2.96. The minimum Gasteiger partial charge on any atom is -0.342 e. The first-order chi connectivity index (χ1) is 8.35. The summed E-state index contributed by atoms with van der Waals surface area (Å²) in [6.45, 7) is 3.34. The van der Waals surface area contributed by atoms with E-state index < -0.39 is 0 Å². The van der Waals surface area contributed by atoms with Crippen LogP contribution >= 0.6 is 0 Å². The second kappa shape index (κ2) is 4.49. The number of H-pyrrole nitrogens is 1. The van der Waals surface area contributed by atoms with E-state index in [2.05, 4.69) is 40.4 Å². The molecule has 1 saturated heterocycles. The summed E-state index contributed by atoms with van der Waals surface area (Å²) in [7, 11) is 0. The van der Waals surface area contributed by atoms with E-state index in [0.717, 1.165) is 30.7 Å². The number of aryl methyl sites for hydroxylation is 1. The van der Waals surface area contributed by atoms with Crippen molar-refractivity contribution in [1.29, 1.82) is 0 Å². The van der Waals surface area contributed by atoms with E-state index >= 15 is 0 Å². The van der Waals surface area contributed by atoms with Gasteiger partial charge in [0.05, 0.1) is 11.0 Å². The van der Waals surface area contributed by atoms with Crippen LogP contribution in [0.5, 0.6) is 0 Å². The van der Waals surface area contributed by atoms with Gasteiger partial charge >= 0.3 is 0 Å². The van der Waals surface area contributed by atoms with Crippen LogP contribution in [0, 0.1) is 0 Å². The first-order valence-electron chi connectivity index (χ1n) is 6.56. The van der Waals surface area contributed by atoms with Crippen molar-refractivity contribution in [1.82, 2.24) is 15.3 Å². The Kier molecular flexibility index (Phi) is 2.85. The van der Waals surface area contributed by atoms with Crippen molar-refractivity contribution in [2.75, 3.05) is 6.54 Å². The van der Waals surface area contributed by atoms with Gasteiger partial charge in [0.2, 0.25) is 0 Å². The summed E-state index contributed by atoms with van der Waals surface area (Å²) >= 11 is 0. The Labute approximate surface area is 102 Å². The van der Waals surface area contributed by atoms with E-state index in [1.807, 2.05) is 0 Å². The molecule has 0 radical (unpaired) electrons. The van der Waals surface area contributed by atoms with Crippen molar-refractivity contribution < 1.29 is 0 Å². The molecular weight excluding hydrogens is 210 g/mol. The summed E-state index contributed by atoms with van der Waals surface area (Å²) in [5.74, 6) is 1.12. The zero-order valence-electron chi connectivity index (χ0n) is 10.3. The van der Waals surface area contributed by atoms with Gasteiger partial charge in [0.25, 0.3) is 0 Å². The number of hydrogen-bond donors (Lipinski definition) is 2. The molecule has 2 aromatic rings. The van der Waals surface area contributed by atoms with E-state index in [1.54, 1.807) is 0 Å². The number of fused-ring (bicyclic) bond motifs is 1. The summed E-state index contributed by atoms with van der Waals surface area (Å²) in [5.41, 5.74) is 3.64. The molecule has 3 heteroatoms. The molecule has 0 saturated carbocycles. The number of nitrogens with zero attached hydrogens (tertiary/aromatic N) is 1. The molecule has 0 spiro atoms. The Morgan fingerprint density at radius 1 is 1.41 bits per heavy atom. The fourth-order valence-electron chi connectivity index (χ4n) is 2.59. The van der Waals surface area contributed by atoms with Crippen molar-refractivity contribution in [2.24, 2.45) is 0 Å². The molecule has 1 aromatic heterocycles. The van der Waals surface area contributed by atoms with Gasteiger partial charge in [-0.1, -0.05) is 13.0 Å². The number of imidazole rings is 1. The Balaban J connectivity index is 1.85. The molecule has 17 heavy (non-hydrogen) atoms. The van der Waals surface area contributed by atoms with Crippen molar-refractivity contribution in [2.45, 2.75) is 38.6 Å². The molecule has 0 amide bonds. The lowest BCUT2D eigenvalue weighted by atomic mass is 10.1. The Morgan fingerprint density at radius 2 is 2.35 bits per heavy atom. The van der Waals surface area contributed by atoms with Gasteiger partial charge in [0.1, 0.15) is 5.82 Å². The second-order valence-electron chi connectivity index (χ2n) is 4.89. The fourth-order valence-corrected chi connectivity index (χ4v) is 2.59. The summed E-state index contributed by atoms with van der Waals surface area (Å²) < 4.78 is 0. The standard InChI is InChI=1S/C14H19N3/c1-2-10-5-6-12-13(8-10)17-14(16-12)9-11-4-3-7-15-11/h5-6,8,11,15H,2-4,7,9H2,1H3,(H,16,17). The molecule has 0 aliphatic carbocycles. The van der Waals surface area contributed by atoms with E-state index in [-0.39, 0.29) is 0 Å². The SMILES string of the molecule is CCc1ccc2nc(CC3CCCN3)[nH]c2c1. The number of rotatable bonds is 3. The molecular formula is C14H19N3. The number of hydrogen-bond acceptors (Lipinski definition) is 2. The summed E-state index contributed by atoms with van der Waals surface area (Å²) in [5, 5.41) is 3.51. The van der Waals surface area contributed by atoms with Crippen LogP contribution in [0.25, 0.3) is 11.0 Å². The highest BCUT2D eigenvalue weighted by atomic mass is 15.0. The molecule has 1 fully saturated rings. The molecule has 3 rings (SSSR count). The lowest BCUT2D eigenvalue weighted by molar-refractivity contribution is 0.589. The highest BCUT2D eigenvalue weighted by Gasteiger charge is 2.16. The van der Waals surface area contributed by atoms with E-state index in [4.69, 9.17) is 0 Å². The highest BCUT2D eigenvalue weighted by molar-refractivity contribution is 5.75. The molecule has 1 aromatic carbocycles. The van der Waals surface area contributed by atoms with Crippen molar-refractivity contribution in [3.05, 3.63) is 29.6 Å². The molecule has 1 aliphatic heterocycles. The molecule has 1 unspecified atom stereocenters. The maximum absolute atomic E-state index is 4.66. The maximum Gasteiger partial charge on any atom is 0.108 e. The third-order valence-corrected chi connectivity index (χ3v) is 3.61. The van der Waals surface area contributed by atoms with Gasteiger partial charge in [-0.05, 0) is 43.5 Å². The normalized spacial score (nSPS) is 20.2. The van der Waals surface area contributed by atoms with Crippen LogP contribution < -0.4 is 5.32 Å². The third kappa shape index (κ3) is 2.20. The van der Waals surface area contributed by atoms with Gasteiger partial charge in [-0.3, -0.25) is 0 Å². The van der Waals surface area contributed by atoms with Crippen LogP contribution in [0.15, 0.2) is 18.2 Å². The van der Waals surface area contributed by atoms with Crippen molar-refractivity contribution in [3.63, 3.8) is 0 Å². The molecule has 0 bridgehead atoms. The highest BCUT2D eigenvalue weighted by Crippen LogP contribution is 2.16. The first kappa shape index (κ1) is 10.8. The van der Waals surface area contributed by atoms with Crippen LogP contribution in [-0.2, 0) is 12.8 Å². The van der Waals surface area contributed by atoms with Crippen LogP contribution in [0.2, 0.25) is 0 Å².